The SMILES string of the molecule is COc1ccc(C(C(=O)NC2CCCCC2)n2c(=O)c(C#N)c(-c3ccccc3)c3ccccc32)cc1. The zero-order valence-electron chi connectivity index (χ0n) is 20.8. The van der Waals surface area contributed by atoms with E-state index in [1.54, 1.807) is 19.2 Å². The van der Waals surface area contributed by atoms with E-state index >= 15 is 0 Å². The summed E-state index contributed by atoms with van der Waals surface area (Å²) in [6, 6.07) is 25.4. The number of carbonyl (C=O) groups excluding carboxylic acids is 1. The summed E-state index contributed by atoms with van der Waals surface area (Å²) in [5.74, 6) is 0.408. The van der Waals surface area contributed by atoms with Crippen LogP contribution in [0.3, 0.4) is 0 Å². The van der Waals surface area contributed by atoms with Crippen molar-refractivity contribution in [2.45, 2.75) is 44.2 Å². The van der Waals surface area contributed by atoms with Gasteiger partial charge in [0.25, 0.3) is 5.56 Å². The van der Waals surface area contributed by atoms with Crippen molar-refractivity contribution in [2.24, 2.45) is 0 Å². The van der Waals surface area contributed by atoms with Gasteiger partial charge < -0.3 is 10.1 Å². The van der Waals surface area contributed by atoms with Crippen molar-refractivity contribution >= 4 is 16.8 Å². The number of nitrogens with zero attached hydrogens (tertiary/aromatic N) is 2. The van der Waals surface area contributed by atoms with Gasteiger partial charge in [-0.3, -0.25) is 14.2 Å². The number of fused-ring (bicyclic) bond motifs is 1. The lowest BCUT2D eigenvalue weighted by Gasteiger charge is -2.28. The van der Waals surface area contributed by atoms with E-state index in [1.807, 2.05) is 66.7 Å². The zero-order chi connectivity index (χ0) is 25.8. The number of amides is 1. The molecule has 1 atom stereocenters. The normalized spacial score (nSPS) is 14.6. The number of pyridine rings is 1. The number of nitriles is 1. The molecular weight excluding hydrogens is 462 g/mol. The van der Waals surface area contributed by atoms with E-state index in [0.29, 0.717) is 22.4 Å². The van der Waals surface area contributed by atoms with Gasteiger partial charge in [0, 0.05) is 17.0 Å². The van der Waals surface area contributed by atoms with Crippen molar-refractivity contribution < 1.29 is 9.53 Å². The molecule has 1 aromatic heterocycles. The summed E-state index contributed by atoms with van der Waals surface area (Å²) in [4.78, 5) is 28.0. The fourth-order valence-corrected chi connectivity index (χ4v) is 5.36. The van der Waals surface area contributed by atoms with Crippen LogP contribution in [-0.2, 0) is 4.79 Å². The molecule has 1 saturated carbocycles. The summed E-state index contributed by atoms with van der Waals surface area (Å²) < 4.78 is 6.81. The molecule has 1 heterocycles. The maximum atomic E-state index is 14.1. The minimum absolute atomic E-state index is 0.0221. The molecule has 1 N–H and O–H groups in total. The number of hydrogen-bond acceptors (Lipinski definition) is 4. The Hall–Kier alpha value is -4.37. The van der Waals surface area contributed by atoms with Crippen LogP contribution in [0.5, 0.6) is 5.75 Å². The van der Waals surface area contributed by atoms with Crippen molar-refractivity contribution in [2.75, 3.05) is 7.11 Å². The Labute approximate surface area is 216 Å². The second kappa shape index (κ2) is 10.7. The van der Waals surface area contributed by atoms with Gasteiger partial charge in [-0.25, -0.2) is 0 Å². The molecule has 37 heavy (non-hydrogen) atoms. The second-order valence-electron chi connectivity index (χ2n) is 9.44. The van der Waals surface area contributed by atoms with Gasteiger partial charge in [-0.15, -0.1) is 0 Å². The largest absolute Gasteiger partial charge is 0.497 e. The summed E-state index contributed by atoms with van der Waals surface area (Å²) in [5, 5.41) is 14.1. The third-order valence-electron chi connectivity index (χ3n) is 7.18. The smallest absolute Gasteiger partial charge is 0.270 e. The Morgan fingerprint density at radius 1 is 0.973 bits per heavy atom. The lowest BCUT2D eigenvalue weighted by atomic mass is 9.93. The highest BCUT2D eigenvalue weighted by molar-refractivity contribution is 5.98. The van der Waals surface area contributed by atoms with Crippen LogP contribution in [0.25, 0.3) is 22.0 Å². The molecule has 1 aliphatic rings. The number of aromatic nitrogens is 1. The number of hydrogen-bond donors (Lipinski definition) is 1. The molecule has 1 amide bonds. The number of carbonyl (C=O) groups is 1. The molecule has 1 unspecified atom stereocenters. The minimum Gasteiger partial charge on any atom is -0.497 e. The maximum absolute atomic E-state index is 14.1. The van der Waals surface area contributed by atoms with Crippen LogP contribution < -0.4 is 15.6 Å². The van der Waals surface area contributed by atoms with E-state index in [1.165, 1.54) is 11.0 Å². The van der Waals surface area contributed by atoms with Crippen molar-refractivity contribution in [3.63, 3.8) is 0 Å². The Bertz CT molecular complexity index is 1510. The summed E-state index contributed by atoms with van der Waals surface area (Å²) in [5.41, 5.74) is 2.16. The first-order chi connectivity index (χ1) is 18.1. The minimum atomic E-state index is -0.942. The molecule has 1 fully saturated rings. The van der Waals surface area contributed by atoms with Crippen LogP contribution >= 0.6 is 0 Å². The number of ether oxygens (including phenoxy) is 1. The van der Waals surface area contributed by atoms with Gasteiger partial charge in [0.2, 0.25) is 5.91 Å². The summed E-state index contributed by atoms with van der Waals surface area (Å²) in [6.07, 6.45) is 5.17. The van der Waals surface area contributed by atoms with Crippen LogP contribution in [-0.4, -0.2) is 23.6 Å². The third-order valence-corrected chi connectivity index (χ3v) is 7.18. The molecule has 5 rings (SSSR count). The van der Waals surface area contributed by atoms with E-state index in [9.17, 15) is 14.9 Å². The molecule has 0 saturated heterocycles. The van der Waals surface area contributed by atoms with E-state index < -0.39 is 11.6 Å². The van der Waals surface area contributed by atoms with Gasteiger partial charge in [0.05, 0.1) is 12.6 Å². The van der Waals surface area contributed by atoms with Crippen LogP contribution in [0, 0.1) is 11.3 Å². The standard InChI is InChI=1S/C31H29N3O3/c1-37-24-18-16-22(17-19-24)29(30(35)33-23-12-6-3-7-13-23)34-27-15-9-8-14-25(27)28(26(20-32)31(34)36)21-10-4-2-5-11-21/h2,4-5,8-11,14-19,23,29H,3,6-7,12-13H2,1H3,(H,33,35). The third kappa shape index (κ3) is 4.73. The van der Waals surface area contributed by atoms with Crippen LogP contribution in [0.2, 0.25) is 0 Å². The topological polar surface area (TPSA) is 84.1 Å². The van der Waals surface area contributed by atoms with Crippen molar-refractivity contribution in [1.82, 2.24) is 9.88 Å². The summed E-state index contributed by atoms with van der Waals surface area (Å²) in [7, 11) is 1.59. The average Bonchev–Trinajstić information content (AvgIpc) is 2.95. The molecule has 0 radical (unpaired) electrons. The van der Waals surface area contributed by atoms with Gasteiger partial charge in [0.1, 0.15) is 23.4 Å². The number of benzene rings is 3. The van der Waals surface area contributed by atoms with E-state index in [4.69, 9.17) is 4.74 Å². The Balaban J connectivity index is 1.75. The first kappa shape index (κ1) is 24.3. The molecule has 1 aliphatic carbocycles. The summed E-state index contributed by atoms with van der Waals surface area (Å²) in [6.45, 7) is 0. The molecule has 0 spiro atoms. The molecule has 6 heteroatoms. The highest BCUT2D eigenvalue weighted by atomic mass is 16.5. The Kier molecular flexibility index (Phi) is 7.04. The van der Waals surface area contributed by atoms with Crippen molar-refractivity contribution in [3.8, 4) is 22.9 Å². The van der Waals surface area contributed by atoms with Gasteiger partial charge >= 0.3 is 0 Å². The average molecular weight is 492 g/mol. The van der Waals surface area contributed by atoms with Crippen molar-refractivity contribution in [1.29, 1.82) is 5.26 Å². The predicted molar refractivity (Wildman–Crippen MR) is 145 cm³/mol. The highest BCUT2D eigenvalue weighted by Gasteiger charge is 2.30. The summed E-state index contributed by atoms with van der Waals surface area (Å²) >= 11 is 0. The molecule has 186 valence electrons. The number of nitrogens with one attached hydrogen (secondary N) is 1. The lowest BCUT2D eigenvalue weighted by Crippen LogP contribution is -2.43. The monoisotopic (exact) mass is 491 g/mol. The number of rotatable bonds is 6. The Morgan fingerprint density at radius 2 is 1.65 bits per heavy atom. The maximum Gasteiger partial charge on any atom is 0.270 e. The molecule has 4 aromatic rings. The first-order valence-electron chi connectivity index (χ1n) is 12.7. The fraction of sp³-hybridized carbons (Fsp3) is 0.258. The zero-order valence-corrected chi connectivity index (χ0v) is 20.8. The van der Waals surface area contributed by atoms with Gasteiger partial charge in [0.15, 0.2) is 0 Å². The quantitative estimate of drug-likeness (QED) is 0.381. The Morgan fingerprint density at radius 3 is 2.32 bits per heavy atom. The lowest BCUT2D eigenvalue weighted by molar-refractivity contribution is -0.124. The molecule has 0 bridgehead atoms. The van der Waals surface area contributed by atoms with Gasteiger partial charge in [-0.05, 0) is 42.2 Å². The first-order valence-corrected chi connectivity index (χ1v) is 12.7. The second-order valence-corrected chi connectivity index (χ2v) is 9.44. The van der Waals surface area contributed by atoms with Gasteiger partial charge in [-0.1, -0.05) is 79.9 Å². The highest BCUT2D eigenvalue weighted by Crippen LogP contribution is 2.33. The molecule has 3 aromatic carbocycles. The van der Waals surface area contributed by atoms with E-state index in [2.05, 4.69) is 11.4 Å². The van der Waals surface area contributed by atoms with E-state index in [0.717, 1.165) is 36.6 Å². The predicted octanol–water partition coefficient (Wildman–Crippen LogP) is 5.59. The number of methoxy groups -OCH3 is 1. The van der Waals surface area contributed by atoms with Crippen LogP contribution in [0.4, 0.5) is 0 Å². The molecular formula is C31H29N3O3. The molecule has 6 nitrogen and oxygen atoms in total. The number of para-hydroxylation sites is 1. The van der Waals surface area contributed by atoms with Gasteiger partial charge in [-0.2, -0.15) is 5.26 Å². The fourth-order valence-electron chi connectivity index (χ4n) is 5.36. The van der Waals surface area contributed by atoms with Crippen molar-refractivity contribution in [3.05, 3.63) is 100 Å². The van der Waals surface area contributed by atoms with Crippen LogP contribution in [0.15, 0.2) is 83.7 Å². The van der Waals surface area contributed by atoms with Crippen LogP contribution in [0.1, 0.15) is 49.3 Å². The van der Waals surface area contributed by atoms with E-state index in [-0.39, 0.29) is 17.5 Å². The molecule has 0 aliphatic heterocycles.